The summed E-state index contributed by atoms with van der Waals surface area (Å²) in [6.45, 7) is 1.68. The Balaban J connectivity index is 1.55. The molecule has 0 atom stereocenters. The quantitative estimate of drug-likeness (QED) is 0.369. The maximum atomic E-state index is 3.48. The maximum Gasteiger partial charge on any atom is 0.0411 e. The number of halogens is 2. The molecule has 0 bridgehead atoms. The van der Waals surface area contributed by atoms with Gasteiger partial charge in [-0.3, -0.25) is 0 Å². The molecule has 0 radical (unpaired) electrons. The van der Waals surface area contributed by atoms with Crippen LogP contribution in [0.1, 0.15) is 11.1 Å². The van der Waals surface area contributed by atoms with Crippen LogP contribution >= 0.6 is 45.2 Å². The minimum Gasteiger partial charge on any atom is -0.381 e. The lowest BCUT2D eigenvalue weighted by Gasteiger charge is -2.11. The van der Waals surface area contributed by atoms with Gasteiger partial charge in [-0.1, -0.05) is 36.4 Å². The predicted octanol–water partition coefficient (Wildman–Crippen LogP) is 6.12. The number of benzene rings is 3. The van der Waals surface area contributed by atoms with Gasteiger partial charge in [-0.2, -0.15) is 0 Å². The third-order valence-electron chi connectivity index (χ3n) is 3.77. The van der Waals surface area contributed by atoms with Gasteiger partial charge in [-0.25, -0.2) is 0 Å². The van der Waals surface area contributed by atoms with Gasteiger partial charge in [-0.05, 0) is 92.7 Å². The molecule has 24 heavy (non-hydrogen) atoms. The number of hydrogen-bond donors (Lipinski definition) is 2. The maximum absolute atomic E-state index is 3.48. The molecule has 0 aliphatic heterocycles. The summed E-state index contributed by atoms with van der Waals surface area (Å²) in [6, 6.07) is 25.4. The topological polar surface area (TPSA) is 24.1 Å². The molecule has 0 saturated carbocycles. The summed E-state index contributed by atoms with van der Waals surface area (Å²) < 4.78 is 2.58. The highest BCUT2D eigenvalue weighted by Gasteiger charge is 2.00. The van der Waals surface area contributed by atoms with E-state index in [1.807, 2.05) is 0 Å². The van der Waals surface area contributed by atoms with Crippen LogP contribution in [0.4, 0.5) is 11.4 Å². The Bertz CT molecular complexity index is 732. The molecule has 3 aromatic rings. The van der Waals surface area contributed by atoms with Gasteiger partial charge in [0, 0.05) is 31.6 Å². The second-order valence-electron chi connectivity index (χ2n) is 5.47. The molecule has 0 amide bonds. The highest BCUT2D eigenvalue weighted by atomic mass is 127. The summed E-state index contributed by atoms with van der Waals surface area (Å²) in [4.78, 5) is 0. The Morgan fingerprint density at radius 2 is 0.917 bits per heavy atom. The minimum absolute atomic E-state index is 0.841. The summed E-state index contributed by atoms with van der Waals surface area (Å²) in [5.74, 6) is 0. The van der Waals surface area contributed by atoms with Gasteiger partial charge in [0.05, 0.1) is 0 Å². The van der Waals surface area contributed by atoms with Gasteiger partial charge >= 0.3 is 0 Å². The lowest BCUT2D eigenvalue weighted by atomic mass is 10.2. The lowest BCUT2D eigenvalue weighted by Crippen LogP contribution is -2.03. The number of nitrogens with one attached hydrogen (secondary N) is 2. The van der Waals surface area contributed by atoms with E-state index in [-0.39, 0.29) is 0 Å². The van der Waals surface area contributed by atoms with Crippen LogP contribution in [0.5, 0.6) is 0 Å². The van der Waals surface area contributed by atoms with Crippen molar-refractivity contribution in [3.63, 3.8) is 0 Å². The molecule has 0 aliphatic carbocycles. The van der Waals surface area contributed by atoms with E-state index < -0.39 is 0 Å². The zero-order chi connectivity index (χ0) is 16.8. The van der Waals surface area contributed by atoms with Crippen molar-refractivity contribution < 1.29 is 0 Å². The van der Waals surface area contributed by atoms with E-state index in [4.69, 9.17) is 0 Å². The average Bonchev–Trinajstić information content (AvgIpc) is 2.61. The third-order valence-corrected chi connectivity index (χ3v) is 5.87. The molecule has 4 heteroatoms. The van der Waals surface area contributed by atoms with Crippen LogP contribution in [0.15, 0.2) is 72.8 Å². The molecule has 3 rings (SSSR count). The van der Waals surface area contributed by atoms with Crippen LogP contribution in [0.3, 0.4) is 0 Å². The highest BCUT2D eigenvalue weighted by molar-refractivity contribution is 14.1. The third kappa shape index (κ3) is 4.86. The first kappa shape index (κ1) is 17.5. The molecule has 2 N–H and O–H groups in total. The molecule has 0 unspecified atom stereocenters. The fourth-order valence-electron chi connectivity index (χ4n) is 2.38. The lowest BCUT2D eigenvalue weighted by molar-refractivity contribution is 1.13. The zero-order valence-electron chi connectivity index (χ0n) is 13.1. The van der Waals surface area contributed by atoms with Crippen molar-refractivity contribution in [2.45, 2.75) is 13.1 Å². The van der Waals surface area contributed by atoms with Crippen molar-refractivity contribution in [2.75, 3.05) is 10.6 Å². The summed E-state index contributed by atoms with van der Waals surface area (Å²) in [5.41, 5.74) is 4.90. The summed E-state index contributed by atoms with van der Waals surface area (Å²) in [6.07, 6.45) is 0. The van der Waals surface area contributed by atoms with Gasteiger partial charge in [0.25, 0.3) is 0 Å². The molecule has 2 nitrogen and oxygen atoms in total. The number of rotatable bonds is 6. The molecule has 0 heterocycles. The molecule has 0 aromatic heterocycles. The van der Waals surface area contributed by atoms with Crippen molar-refractivity contribution >= 4 is 56.6 Å². The Labute approximate surface area is 170 Å². The summed E-state index contributed by atoms with van der Waals surface area (Å²) >= 11 is 4.75. The normalized spacial score (nSPS) is 10.4. The van der Waals surface area contributed by atoms with Gasteiger partial charge < -0.3 is 10.6 Å². The van der Waals surface area contributed by atoms with E-state index in [2.05, 4.69) is 129 Å². The minimum atomic E-state index is 0.841. The van der Waals surface area contributed by atoms with E-state index in [1.54, 1.807) is 0 Å². The monoisotopic (exact) mass is 540 g/mol. The Morgan fingerprint density at radius 3 is 1.29 bits per heavy atom. The van der Waals surface area contributed by atoms with E-state index in [1.165, 1.54) is 18.3 Å². The smallest absolute Gasteiger partial charge is 0.0411 e. The largest absolute Gasteiger partial charge is 0.381 e. The van der Waals surface area contributed by atoms with Crippen molar-refractivity contribution in [3.05, 3.63) is 91.1 Å². The highest BCUT2D eigenvalue weighted by Crippen LogP contribution is 2.18. The van der Waals surface area contributed by atoms with Crippen molar-refractivity contribution in [1.82, 2.24) is 0 Å². The fraction of sp³-hybridized carbons (Fsp3) is 0.100. The molecular formula is C20H18I2N2. The molecule has 0 saturated heterocycles. The average molecular weight is 540 g/mol. The van der Waals surface area contributed by atoms with Crippen LogP contribution in [-0.2, 0) is 13.1 Å². The van der Waals surface area contributed by atoms with Crippen LogP contribution in [0, 0.1) is 7.14 Å². The van der Waals surface area contributed by atoms with Crippen LogP contribution in [0.2, 0.25) is 0 Å². The summed E-state index contributed by atoms with van der Waals surface area (Å²) in [7, 11) is 0. The second-order valence-corrected chi connectivity index (χ2v) is 7.79. The van der Waals surface area contributed by atoms with Crippen molar-refractivity contribution in [3.8, 4) is 0 Å². The van der Waals surface area contributed by atoms with Crippen molar-refractivity contribution in [1.29, 1.82) is 0 Å². The summed E-state index contributed by atoms with van der Waals surface area (Å²) in [5, 5.41) is 6.96. The Morgan fingerprint density at radius 1 is 0.542 bits per heavy atom. The molecule has 122 valence electrons. The van der Waals surface area contributed by atoms with E-state index >= 15 is 0 Å². The number of hydrogen-bond acceptors (Lipinski definition) is 2. The molecule has 0 spiro atoms. The zero-order valence-corrected chi connectivity index (χ0v) is 17.4. The first-order valence-corrected chi connectivity index (χ1v) is 9.93. The van der Waals surface area contributed by atoms with Gasteiger partial charge in [-0.15, -0.1) is 0 Å². The molecule has 0 aliphatic rings. The van der Waals surface area contributed by atoms with E-state index in [0.717, 1.165) is 24.5 Å². The fourth-order valence-corrected chi connectivity index (χ4v) is 3.54. The SMILES string of the molecule is Ic1ccccc1CNc1ccc(NCc2ccccc2I)cc1. The van der Waals surface area contributed by atoms with E-state index in [0.29, 0.717) is 0 Å². The van der Waals surface area contributed by atoms with Crippen LogP contribution < -0.4 is 10.6 Å². The standard InChI is InChI=1S/C20H18I2N2/c21-19-7-3-1-5-15(19)13-23-17-9-11-18(12-10-17)24-14-16-6-2-4-8-20(16)22/h1-12,23-24H,13-14H2. The number of anilines is 2. The van der Waals surface area contributed by atoms with E-state index in [9.17, 15) is 0 Å². The first-order valence-electron chi connectivity index (χ1n) is 7.77. The molecule has 3 aromatic carbocycles. The molecular weight excluding hydrogens is 522 g/mol. The Hall–Kier alpha value is -1.28. The van der Waals surface area contributed by atoms with Crippen molar-refractivity contribution in [2.24, 2.45) is 0 Å². The van der Waals surface area contributed by atoms with Crippen LogP contribution in [-0.4, -0.2) is 0 Å². The predicted molar refractivity (Wildman–Crippen MR) is 119 cm³/mol. The van der Waals surface area contributed by atoms with Crippen LogP contribution in [0.25, 0.3) is 0 Å². The van der Waals surface area contributed by atoms with Gasteiger partial charge in [0.1, 0.15) is 0 Å². The molecule has 0 fully saturated rings. The first-order chi connectivity index (χ1) is 11.7. The Kier molecular flexibility index (Phi) is 6.37. The van der Waals surface area contributed by atoms with Gasteiger partial charge in [0.15, 0.2) is 0 Å². The second kappa shape index (κ2) is 8.71. The van der Waals surface area contributed by atoms with Gasteiger partial charge in [0.2, 0.25) is 0 Å².